The molecule has 3 aromatic carbocycles. The van der Waals surface area contributed by atoms with Crippen molar-refractivity contribution in [2.75, 3.05) is 12.0 Å². The molecule has 0 fully saturated rings. The van der Waals surface area contributed by atoms with E-state index in [9.17, 15) is 0 Å². The van der Waals surface area contributed by atoms with Crippen molar-refractivity contribution in [3.05, 3.63) is 87.5 Å². The fourth-order valence-corrected chi connectivity index (χ4v) is 3.45. The van der Waals surface area contributed by atoms with Gasteiger partial charge in [0.05, 0.1) is 10.2 Å². The highest BCUT2D eigenvalue weighted by molar-refractivity contribution is 14.1. The van der Waals surface area contributed by atoms with Gasteiger partial charge in [0.1, 0.15) is 6.61 Å². The third kappa shape index (κ3) is 5.87. The number of nitrogens with one attached hydrogen (secondary N) is 2. The van der Waals surface area contributed by atoms with Gasteiger partial charge in [0.25, 0.3) is 0 Å². The smallest absolute Gasteiger partial charge is 0.174 e. The third-order valence-electron chi connectivity index (χ3n) is 3.89. The molecule has 2 N–H and O–H groups in total. The van der Waals surface area contributed by atoms with Gasteiger partial charge in [-0.1, -0.05) is 48.5 Å². The van der Waals surface area contributed by atoms with Crippen LogP contribution in [0.4, 0.5) is 5.69 Å². The Bertz CT molecular complexity index is 842. The van der Waals surface area contributed by atoms with E-state index in [1.54, 1.807) is 0 Å². The molecule has 0 aliphatic carbocycles. The summed E-state index contributed by atoms with van der Waals surface area (Å²) in [4.78, 5) is 0. The molecule has 5 heteroatoms. The van der Waals surface area contributed by atoms with Crippen molar-refractivity contribution in [1.82, 2.24) is 5.43 Å². The van der Waals surface area contributed by atoms with Crippen molar-refractivity contribution in [3.63, 3.8) is 0 Å². The van der Waals surface area contributed by atoms with Crippen LogP contribution in [0.15, 0.2) is 72.8 Å². The minimum Gasteiger partial charge on any atom is -0.490 e. The lowest BCUT2D eigenvalue weighted by Gasteiger charge is -2.16. The number of ether oxygens (including phenoxy) is 2. The second kappa shape index (κ2) is 10.2. The van der Waals surface area contributed by atoms with Crippen LogP contribution in [0.25, 0.3) is 0 Å². The van der Waals surface area contributed by atoms with E-state index in [4.69, 9.17) is 9.47 Å². The molecule has 3 aromatic rings. The van der Waals surface area contributed by atoms with Crippen molar-refractivity contribution < 1.29 is 9.47 Å². The zero-order valence-corrected chi connectivity index (χ0v) is 17.4. The van der Waals surface area contributed by atoms with Gasteiger partial charge >= 0.3 is 0 Å². The number of anilines is 1. The molecule has 0 atom stereocenters. The number of para-hydroxylation sites is 1. The van der Waals surface area contributed by atoms with Crippen LogP contribution in [0.1, 0.15) is 18.1 Å². The number of hydrogen-bond donors (Lipinski definition) is 2. The molecule has 0 amide bonds. The maximum Gasteiger partial charge on any atom is 0.174 e. The first kappa shape index (κ1) is 19.5. The maximum atomic E-state index is 6.07. The Kier molecular flexibility index (Phi) is 7.36. The summed E-state index contributed by atoms with van der Waals surface area (Å²) in [6.07, 6.45) is 0. The number of halogens is 1. The van der Waals surface area contributed by atoms with Gasteiger partial charge in [0.2, 0.25) is 0 Å². The fourth-order valence-electron chi connectivity index (χ4n) is 2.63. The monoisotopic (exact) mass is 474 g/mol. The predicted octanol–water partition coefficient (Wildman–Crippen LogP) is 5.39. The van der Waals surface area contributed by atoms with E-state index < -0.39 is 0 Å². The van der Waals surface area contributed by atoms with E-state index in [0.29, 0.717) is 19.8 Å². The van der Waals surface area contributed by atoms with E-state index in [0.717, 1.165) is 31.9 Å². The number of benzene rings is 3. The van der Waals surface area contributed by atoms with Crippen molar-refractivity contribution in [2.24, 2.45) is 0 Å². The molecule has 140 valence electrons. The first-order chi connectivity index (χ1) is 13.3. The van der Waals surface area contributed by atoms with Crippen LogP contribution < -0.4 is 20.3 Å². The second-order valence-electron chi connectivity index (χ2n) is 5.96. The summed E-state index contributed by atoms with van der Waals surface area (Å²) in [5.41, 5.74) is 9.73. The molecule has 4 nitrogen and oxygen atoms in total. The largest absolute Gasteiger partial charge is 0.490 e. The van der Waals surface area contributed by atoms with Crippen LogP contribution in [-0.4, -0.2) is 6.61 Å². The first-order valence-corrected chi connectivity index (χ1v) is 10.00. The number of hydrogen-bond acceptors (Lipinski definition) is 4. The molecule has 27 heavy (non-hydrogen) atoms. The standard InChI is InChI=1S/C22H23IN2O2/c1-2-26-21-14-18(15-24-25-19-11-7-4-8-12-19)13-20(23)22(21)27-16-17-9-5-3-6-10-17/h3-14,24-25H,2,15-16H2,1H3. The summed E-state index contributed by atoms with van der Waals surface area (Å²) in [5.74, 6) is 1.57. The van der Waals surface area contributed by atoms with Crippen molar-refractivity contribution >= 4 is 28.3 Å². The van der Waals surface area contributed by atoms with E-state index in [-0.39, 0.29) is 0 Å². The molecular formula is C22H23IN2O2. The maximum absolute atomic E-state index is 6.07. The Hall–Kier alpha value is -2.25. The summed E-state index contributed by atoms with van der Waals surface area (Å²) in [5, 5.41) is 0. The average molecular weight is 474 g/mol. The highest BCUT2D eigenvalue weighted by atomic mass is 127. The van der Waals surface area contributed by atoms with Gasteiger partial charge in [-0.25, -0.2) is 5.43 Å². The first-order valence-electron chi connectivity index (χ1n) is 8.92. The molecule has 0 aliphatic rings. The summed E-state index contributed by atoms with van der Waals surface area (Å²) < 4.78 is 12.9. The van der Waals surface area contributed by atoms with Crippen molar-refractivity contribution in [3.8, 4) is 11.5 Å². The minimum absolute atomic E-state index is 0.518. The summed E-state index contributed by atoms with van der Waals surface area (Å²) in [7, 11) is 0. The zero-order valence-electron chi connectivity index (χ0n) is 15.2. The highest BCUT2D eigenvalue weighted by Gasteiger charge is 2.12. The van der Waals surface area contributed by atoms with Gasteiger partial charge in [0, 0.05) is 12.2 Å². The van der Waals surface area contributed by atoms with Gasteiger partial charge in [-0.3, -0.25) is 0 Å². The molecule has 0 radical (unpaired) electrons. The van der Waals surface area contributed by atoms with Gasteiger partial charge in [0.15, 0.2) is 11.5 Å². The Morgan fingerprint density at radius 3 is 2.26 bits per heavy atom. The van der Waals surface area contributed by atoms with Gasteiger partial charge < -0.3 is 14.9 Å². The van der Waals surface area contributed by atoms with Gasteiger partial charge in [-0.15, -0.1) is 0 Å². The molecule has 3 rings (SSSR count). The van der Waals surface area contributed by atoms with Crippen LogP contribution in [-0.2, 0) is 13.2 Å². The topological polar surface area (TPSA) is 42.5 Å². The average Bonchev–Trinajstić information content (AvgIpc) is 2.69. The lowest BCUT2D eigenvalue weighted by atomic mass is 10.2. The normalized spacial score (nSPS) is 10.4. The third-order valence-corrected chi connectivity index (χ3v) is 4.70. The van der Waals surface area contributed by atoms with Gasteiger partial charge in [-0.2, -0.15) is 0 Å². The Morgan fingerprint density at radius 1 is 0.852 bits per heavy atom. The van der Waals surface area contributed by atoms with Crippen LogP contribution >= 0.6 is 22.6 Å². The minimum atomic E-state index is 0.518. The van der Waals surface area contributed by atoms with E-state index >= 15 is 0 Å². The van der Waals surface area contributed by atoms with Crippen molar-refractivity contribution in [1.29, 1.82) is 0 Å². The lowest BCUT2D eigenvalue weighted by molar-refractivity contribution is 0.267. The van der Waals surface area contributed by atoms with Crippen LogP contribution in [0.2, 0.25) is 0 Å². The molecule has 0 saturated heterocycles. The Labute approximate surface area is 174 Å². The molecule has 0 spiro atoms. The summed E-state index contributed by atoms with van der Waals surface area (Å²) >= 11 is 2.30. The molecule has 0 aliphatic heterocycles. The number of hydrazine groups is 1. The molecule has 0 unspecified atom stereocenters. The summed E-state index contributed by atoms with van der Waals surface area (Å²) in [6.45, 7) is 3.76. The summed E-state index contributed by atoms with van der Waals surface area (Å²) in [6, 6.07) is 24.3. The molecule has 0 bridgehead atoms. The van der Waals surface area contributed by atoms with Crippen LogP contribution in [0.5, 0.6) is 11.5 Å². The lowest BCUT2D eigenvalue weighted by Crippen LogP contribution is -2.21. The number of rotatable bonds is 9. The van der Waals surface area contributed by atoms with Crippen LogP contribution in [0, 0.1) is 3.57 Å². The second-order valence-corrected chi connectivity index (χ2v) is 7.12. The quantitative estimate of drug-likeness (QED) is 0.323. The molecule has 0 saturated carbocycles. The van der Waals surface area contributed by atoms with Crippen molar-refractivity contribution in [2.45, 2.75) is 20.1 Å². The molecular weight excluding hydrogens is 451 g/mol. The zero-order chi connectivity index (χ0) is 18.9. The van der Waals surface area contributed by atoms with Crippen LogP contribution in [0.3, 0.4) is 0 Å². The molecule has 0 heterocycles. The highest BCUT2D eigenvalue weighted by Crippen LogP contribution is 2.35. The SMILES string of the molecule is CCOc1cc(CNNc2ccccc2)cc(I)c1OCc1ccccc1. The van der Waals surface area contributed by atoms with Gasteiger partial charge in [-0.05, 0) is 64.9 Å². The Balaban J connectivity index is 1.67. The molecule has 0 aromatic heterocycles. The Morgan fingerprint density at radius 2 is 1.56 bits per heavy atom. The van der Waals surface area contributed by atoms with E-state index in [1.807, 2.05) is 61.5 Å². The predicted molar refractivity (Wildman–Crippen MR) is 118 cm³/mol. The van der Waals surface area contributed by atoms with E-state index in [2.05, 4.69) is 51.6 Å². The fraction of sp³-hybridized carbons (Fsp3) is 0.182. The van der Waals surface area contributed by atoms with E-state index in [1.165, 1.54) is 0 Å².